The van der Waals surface area contributed by atoms with Gasteiger partial charge in [0.05, 0.1) is 5.02 Å². The van der Waals surface area contributed by atoms with Crippen molar-refractivity contribution < 1.29 is 17.9 Å². The van der Waals surface area contributed by atoms with E-state index in [0.29, 0.717) is 36.7 Å². The molecule has 0 radical (unpaired) electrons. The average molecular weight is 387 g/mol. The third-order valence-electron chi connectivity index (χ3n) is 4.30. The summed E-state index contributed by atoms with van der Waals surface area (Å²) in [6, 6.07) is 3.46. The molecule has 0 bridgehead atoms. The maximum atomic E-state index is 12.3. The van der Waals surface area contributed by atoms with E-state index in [0.717, 1.165) is 16.5 Å². The van der Waals surface area contributed by atoms with Crippen LogP contribution in [-0.4, -0.2) is 45.0 Å². The van der Waals surface area contributed by atoms with Gasteiger partial charge in [0.15, 0.2) is 6.61 Å². The number of benzene rings is 1. The summed E-state index contributed by atoms with van der Waals surface area (Å²) < 4.78 is 31.1. The Hall–Kier alpha value is -1.57. The number of nitrogens with one attached hydrogen (secondary N) is 1. The van der Waals surface area contributed by atoms with Crippen LogP contribution in [0.25, 0.3) is 0 Å². The summed E-state index contributed by atoms with van der Waals surface area (Å²) in [5.41, 5.74) is 2.11. The van der Waals surface area contributed by atoms with E-state index >= 15 is 0 Å². The monoisotopic (exact) mass is 386 g/mol. The Bertz CT molecular complexity index is 756. The fourth-order valence-electron chi connectivity index (χ4n) is 2.62. The molecule has 0 saturated carbocycles. The molecular formula is C17H23ClN2O4S. The van der Waals surface area contributed by atoms with Crippen LogP contribution in [0, 0.1) is 13.8 Å². The summed E-state index contributed by atoms with van der Waals surface area (Å²) in [6.45, 7) is 8.05. The lowest BCUT2D eigenvalue weighted by Gasteiger charge is -2.32. The highest BCUT2D eigenvalue weighted by molar-refractivity contribution is 7.92. The summed E-state index contributed by atoms with van der Waals surface area (Å²) in [5.74, 6) is 0.353. The lowest BCUT2D eigenvalue weighted by Crippen LogP contribution is -2.47. The molecule has 0 spiro atoms. The van der Waals surface area contributed by atoms with Crippen LogP contribution in [-0.2, 0) is 14.8 Å². The fourth-order valence-corrected chi connectivity index (χ4v) is 3.69. The second-order valence-electron chi connectivity index (χ2n) is 6.14. The van der Waals surface area contributed by atoms with E-state index in [-0.39, 0.29) is 18.6 Å². The van der Waals surface area contributed by atoms with Crippen LogP contribution < -0.4 is 9.46 Å². The molecule has 1 heterocycles. The highest BCUT2D eigenvalue weighted by Crippen LogP contribution is 2.27. The molecule has 1 saturated heterocycles. The van der Waals surface area contributed by atoms with Crippen LogP contribution in [0.3, 0.4) is 0 Å². The van der Waals surface area contributed by atoms with Gasteiger partial charge >= 0.3 is 0 Å². The van der Waals surface area contributed by atoms with E-state index in [1.165, 1.54) is 0 Å². The molecule has 0 atom stereocenters. The van der Waals surface area contributed by atoms with Gasteiger partial charge in [0, 0.05) is 24.5 Å². The number of ether oxygens (including phenoxy) is 1. The highest BCUT2D eigenvalue weighted by atomic mass is 35.5. The minimum Gasteiger partial charge on any atom is -0.482 e. The van der Waals surface area contributed by atoms with Gasteiger partial charge in [0.25, 0.3) is 5.91 Å². The number of carbonyl (C=O) groups is 1. The Labute approximate surface area is 153 Å². The highest BCUT2D eigenvalue weighted by Gasteiger charge is 2.25. The molecule has 1 aliphatic rings. The van der Waals surface area contributed by atoms with Crippen molar-refractivity contribution >= 4 is 27.5 Å². The standard InChI is InChI=1S/C17H23ClN2O4S/c1-4-25(22,23)19-14-5-7-20(8-6-14)17(21)11-24-16-10-13(3)12(2)9-15(16)18/h4,9-10,14,19H,1,5-8,11H2,2-3H3. The maximum absolute atomic E-state index is 12.3. The molecule has 1 fully saturated rings. The first-order valence-electron chi connectivity index (χ1n) is 8.04. The molecule has 8 heteroatoms. The molecule has 1 aliphatic heterocycles. The van der Waals surface area contributed by atoms with Gasteiger partial charge in [-0.2, -0.15) is 0 Å². The zero-order chi connectivity index (χ0) is 18.6. The van der Waals surface area contributed by atoms with Gasteiger partial charge in [0.2, 0.25) is 10.0 Å². The molecule has 2 rings (SSSR count). The zero-order valence-electron chi connectivity index (χ0n) is 14.4. The van der Waals surface area contributed by atoms with Crippen LogP contribution in [0.1, 0.15) is 24.0 Å². The number of amides is 1. The Morgan fingerprint density at radius 3 is 2.56 bits per heavy atom. The van der Waals surface area contributed by atoms with Crippen molar-refractivity contribution in [1.29, 1.82) is 0 Å². The molecule has 6 nitrogen and oxygen atoms in total. The van der Waals surface area contributed by atoms with Crippen LogP contribution in [0.4, 0.5) is 0 Å². The molecule has 25 heavy (non-hydrogen) atoms. The van der Waals surface area contributed by atoms with Crippen molar-refractivity contribution in [2.75, 3.05) is 19.7 Å². The summed E-state index contributed by atoms with van der Waals surface area (Å²) in [7, 11) is -3.44. The number of nitrogens with zero attached hydrogens (tertiary/aromatic N) is 1. The second-order valence-corrected chi connectivity index (χ2v) is 8.21. The molecule has 138 valence electrons. The predicted octanol–water partition coefficient (Wildman–Crippen LogP) is 2.39. The van der Waals surface area contributed by atoms with Gasteiger partial charge < -0.3 is 9.64 Å². The number of sulfonamides is 1. The first-order valence-corrected chi connectivity index (χ1v) is 9.96. The van der Waals surface area contributed by atoms with Crippen LogP contribution in [0.5, 0.6) is 5.75 Å². The quantitative estimate of drug-likeness (QED) is 0.814. The van der Waals surface area contributed by atoms with Crippen molar-refractivity contribution in [2.24, 2.45) is 0 Å². The second kappa shape index (κ2) is 8.21. The van der Waals surface area contributed by atoms with Crippen LogP contribution in [0.15, 0.2) is 24.1 Å². The molecule has 0 aromatic heterocycles. The molecule has 1 amide bonds. The number of aryl methyl sites for hydroxylation is 2. The smallest absolute Gasteiger partial charge is 0.260 e. The van der Waals surface area contributed by atoms with E-state index in [4.69, 9.17) is 16.3 Å². The van der Waals surface area contributed by atoms with E-state index < -0.39 is 10.0 Å². The Morgan fingerprint density at radius 2 is 1.96 bits per heavy atom. The fraction of sp³-hybridized carbons (Fsp3) is 0.471. The number of likely N-dealkylation sites (tertiary alicyclic amines) is 1. The molecule has 0 unspecified atom stereocenters. The van der Waals surface area contributed by atoms with Crippen molar-refractivity contribution in [3.63, 3.8) is 0 Å². The van der Waals surface area contributed by atoms with Gasteiger partial charge in [-0.05, 0) is 49.9 Å². The van der Waals surface area contributed by atoms with E-state index in [9.17, 15) is 13.2 Å². The minimum absolute atomic E-state index is 0.0920. The van der Waals surface area contributed by atoms with E-state index in [2.05, 4.69) is 11.3 Å². The van der Waals surface area contributed by atoms with Crippen molar-refractivity contribution in [2.45, 2.75) is 32.7 Å². The Kier molecular flexibility index (Phi) is 6.48. The normalized spacial score (nSPS) is 15.9. The lowest BCUT2D eigenvalue weighted by molar-refractivity contribution is -0.134. The Morgan fingerprint density at radius 1 is 1.36 bits per heavy atom. The van der Waals surface area contributed by atoms with Gasteiger partial charge in [-0.15, -0.1) is 0 Å². The molecule has 1 N–H and O–H groups in total. The van der Waals surface area contributed by atoms with E-state index in [1.807, 2.05) is 26.0 Å². The number of piperidine rings is 1. The summed E-state index contributed by atoms with van der Waals surface area (Å²) in [5, 5.41) is 1.37. The van der Waals surface area contributed by atoms with E-state index in [1.54, 1.807) is 4.90 Å². The zero-order valence-corrected chi connectivity index (χ0v) is 16.0. The molecule has 0 aliphatic carbocycles. The van der Waals surface area contributed by atoms with Crippen LogP contribution >= 0.6 is 11.6 Å². The third-order valence-corrected chi connectivity index (χ3v) is 5.69. The number of rotatable bonds is 6. The molecule has 1 aromatic carbocycles. The largest absolute Gasteiger partial charge is 0.482 e. The summed E-state index contributed by atoms with van der Waals surface area (Å²) in [4.78, 5) is 14.0. The Balaban J connectivity index is 1.85. The molecular weight excluding hydrogens is 364 g/mol. The maximum Gasteiger partial charge on any atom is 0.260 e. The van der Waals surface area contributed by atoms with Gasteiger partial charge in [-0.1, -0.05) is 18.2 Å². The van der Waals surface area contributed by atoms with Gasteiger partial charge in [-0.3, -0.25) is 4.79 Å². The third kappa shape index (κ3) is 5.45. The number of carbonyl (C=O) groups excluding carboxylic acids is 1. The number of hydrogen-bond acceptors (Lipinski definition) is 4. The van der Waals surface area contributed by atoms with Gasteiger partial charge in [-0.25, -0.2) is 13.1 Å². The average Bonchev–Trinajstić information content (AvgIpc) is 2.57. The number of halogens is 1. The lowest BCUT2D eigenvalue weighted by atomic mass is 10.1. The number of hydrogen-bond donors (Lipinski definition) is 1. The van der Waals surface area contributed by atoms with Crippen LogP contribution in [0.2, 0.25) is 5.02 Å². The topological polar surface area (TPSA) is 75.7 Å². The van der Waals surface area contributed by atoms with Crippen molar-refractivity contribution in [3.8, 4) is 5.75 Å². The predicted molar refractivity (Wildman–Crippen MR) is 98.3 cm³/mol. The summed E-state index contributed by atoms with van der Waals surface area (Å²) in [6.07, 6.45) is 1.12. The minimum atomic E-state index is -3.44. The first kappa shape index (κ1) is 19.8. The SMILES string of the molecule is C=CS(=O)(=O)NC1CCN(C(=O)COc2cc(C)c(C)cc2Cl)CC1. The summed E-state index contributed by atoms with van der Waals surface area (Å²) >= 11 is 6.14. The molecule has 1 aromatic rings. The van der Waals surface area contributed by atoms with Gasteiger partial charge in [0.1, 0.15) is 5.75 Å². The van der Waals surface area contributed by atoms with Crippen molar-refractivity contribution in [3.05, 3.63) is 40.3 Å². The van der Waals surface area contributed by atoms with Crippen molar-refractivity contribution in [1.82, 2.24) is 9.62 Å². The first-order chi connectivity index (χ1) is 11.7.